The number of imide groups is 1. The lowest BCUT2D eigenvalue weighted by Gasteiger charge is -2.36. The monoisotopic (exact) mass is 352 g/mol. The lowest BCUT2D eigenvalue weighted by Crippen LogP contribution is -2.54. The molecule has 0 aromatic rings. The number of rotatable bonds is 5. The molecule has 7 heteroatoms. The number of nitrogens with zero attached hydrogens (tertiary/aromatic N) is 1. The van der Waals surface area contributed by atoms with Gasteiger partial charge < -0.3 is 10.6 Å². The van der Waals surface area contributed by atoms with Gasteiger partial charge in [-0.25, -0.2) is 4.79 Å². The van der Waals surface area contributed by atoms with E-state index in [0.717, 1.165) is 32.2 Å². The Labute approximate surface area is 150 Å². The van der Waals surface area contributed by atoms with Crippen molar-refractivity contribution in [2.75, 3.05) is 19.6 Å². The molecule has 1 saturated carbocycles. The number of likely N-dealkylation sites (tertiary alicyclic amines) is 1. The minimum absolute atomic E-state index is 0.0737. The summed E-state index contributed by atoms with van der Waals surface area (Å²) in [4.78, 5) is 38.3. The molecule has 4 amide bonds. The second kappa shape index (κ2) is 9.75. The van der Waals surface area contributed by atoms with Crippen molar-refractivity contribution >= 4 is 17.8 Å². The molecule has 1 aliphatic heterocycles. The van der Waals surface area contributed by atoms with Gasteiger partial charge in [0.1, 0.15) is 0 Å². The van der Waals surface area contributed by atoms with Crippen molar-refractivity contribution in [1.82, 2.24) is 20.9 Å². The number of carbonyl (C=O) groups is 3. The summed E-state index contributed by atoms with van der Waals surface area (Å²) in [5, 5.41) is 8.11. The Hall–Kier alpha value is -1.63. The molecule has 2 aliphatic rings. The van der Waals surface area contributed by atoms with Crippen molar-refractivity contribution in [2.45, 2.75) is 70.9 Å². The van der Waals surface area contributed by atoms with Gasteiger partial charge in [-0.3, -0.25) is 19.8 Å². The normalized spacial score (nSPS) is 23.5. The fourth-order valence-electron chi connectivity index (χ4n) is 3.73. The summed E-state index contributed by atoms with van der Waals surface area (Å²) < 4.78 is 0. The lowest BCUT2D eigenvalue weighted by molar-refractivity contribution is -0.131. The van der Waals surface area contributed by atoms with Crippen LogP contribution < -0.4 is 16.0 Å². The Morgan fingerprint density at radius 3 is 2.48 bits per heavy atom. The van der Waals surface area contributed by atoms with Crippen LogP contribution in [0.2, 0.25) is 0 Å². The van der Waals surface area contributed by atoms with Gasteiger partial charge in [0, 0.05) is 19.1 Å². The smallest absolute Gasteiger partial charge is 0.321 e. The molecule has 142 valence electrons. The summed E-state index contributed by atoms with van der Waals surface area (Å²) in [7, 11) is 0. The van der Waals surface area contributed by atoms with Crippen LogP contribution in [0.3, 0.4) is 0 Å². The molecule has 0 spiro atoms. The van der Waals surface area contributed by atoms with Crippen LogP contribution >= 0.6 is 0 Å². The third kappa shape index (κ3) is 5.99. The number of amides is 4. The van der Waals surface area contributed by atoms with E-state index in [9.17, 15) is 14.4 Å². The van der Waals surface area contributed by atoms with Crippen LogP contribution in [0, 0.1) is 5.92 Å². The van der Waals surface area contributed by atoms with E-state index in [0.29, 0.717) is 19.1 Å². The van der Waals surface area contributed by atoms with E-state index >= 15 is 0 Å². The highest BCUT2D eigenvalue weighted by molar-refractivity contribution is 5.96. The van der Waals surface area contributed by atoms with Crippen molar-refractivity contribution in [2.24, 2.45) is 5.92 Å². The molecule has 2 atom stereocenters. The first-order valence-corrected chi connectivity index (χ1v) is 9.64. The van der Waals surface area contributed by atoms with Gasteiger partial charge in [0.2, 0.25) is 11.8 Å². The molecule has 1 heterocycles. The Kier molecular flexibility index (Phi) is 7.68. The Morgan fingerprint density at radius 2 is 1.80 bits per heavy atom. The fraction of sp³-hybridized carbons (Fsp3) is 0.833. The van der Waals surface area contributed by atoms with Gasteiger partial charge in [-0.05, 0) is 46.1 Å². The van der Waals surface area contributed by atoms with E-state index in [-0.39, 0.29) is 17.7 Å². The van der Waals surface area contributed by atoms with Crippen LogP contribution in [0.1, 0.15) is 58.8 Å². The van der Waals surface area contributed by atoms with Gasteiger partial charge in [-0.15, -0.1) is 0 Å². The second-order valence-electron chi connectivity index (χ2n) is 7.20. The number of hydrogen-bond acceptors (Lipinski definition) is 4. The van der Waals surface area contributed by atoms with Crippen molar-refractivity contribution in [3.63, 3.8) is 0 Å². The van der Waals surface area contributed by atoms with Crippen molar-refractivity contribution in [1.29, 1.82) is 0 Å². The highest BCUT2D eigenvalue weighted by Crippen LogP contribution is 2.21. The van der Waals surface area contributed by atoms with Crippen LogP contribution in [-0.2, 0) is 9.59 Å². The minimum Gasteiger partial charge on any atom is -0.353 e. The summed E-state index contributed by atoms with van der Waals surface area (Å²) in [5.41, 5.74) is 0. The first-order chi connectivity index (χ1) is 12.0. The maximum Gasteiger partial charge on any atom is 0.321 e. The van der Waals surface area contributed by atoms with Gasteiger partial charge in [-0.1, -0.05) is 19.3 Å². The van der Waals surface area contributed by atoms with E-state index in [2.05, 4.69) is 16.0 Å². The highest BCUT2D eigenvalue weighted by Gasteiger charge is 2.32. The summed E-state index contributed by atoms with van der Waals surface area (Å²) in [6.07, 6.45) is 7.56. The van der Waals surface area contributed by atoms with Crippen LogP contribution in [-0.4, -0.2) is 54.5 Å². The molecule has 3 N–H and O–H groups in total. The SMILES string of the molecule is CCNC(=O)NC(=O)C(C)N1CCCC(C(=O)NC2CCCCC2)C1. The predicted molar refractivity (Wildman–Crippen MR) is 96.0 cm³/mol. The molecule has 1 saturated heterocycles. The van der Waals surface area contributed by atoms with Gasteiger partial charge in [0.05, 0.1) is 12.0 Å². The number of hydrogen-bond donors (Lipinski definition) is 3. The van der Waals surface area contributed by atoms with Crippen molar-refractivity contribution < 1.29 is 14.4 Å². The average molecular weight is 352 g/mol. The van der Waals surface area contributed by atoms with E-state index in [1.165, 1.54) is 19.3 Å². The quantitative estimate of drug-likeness (QED) is 0.697. The molecule has 1 aliphatic carbocycles. The molecule has 0 bridgehead atoms. The molecule has 0 aromatic carbocycles. The van der Waals surface area contributed by atoms with E-state index < -0.39 is 12.1 Å². The molecule has 2 rings (SSSR count). The van der Waals surface area contributed by atoms with Crippen LogP contribution in [0.25, 0.3) is 0 Å². The number of carbonyl (C=O) groups excluding carboxylic acids is 3. The molecule has 0 radical (unpaired) electrons. The number of urea groups is 1. The van der Waals surface area contributed by atoms with Crippen LogP contribution in [0.15, 0.2) is 0 Å². The maximum atomic E-state index is 12.6. The van der Waals surface area contributed by atoms with E-state index in [4.69, 9.17) is 0 Å². The first-order valence-electron chi connectivity index (χ1n) is 9.64. The summed E-state index contributed by atoms with van der Waals surface area (Å²) >= 11 is 0. The summed E-state index contributed by atoms with van der Waals surface area (Å²) in [6, 6.07) is -0.578. The van der Waals surface area contributed by atoms with Gasteiger partial charge in [0.25, 0.3) is 0 Å². The predicted octanol–water partition coefficient (Wildman–Crippen LogP) is 1.38. The molecular formula is C18H32N4O3. The molecule has 0 aromatic heterocycles. The number of piperidine rings is 1. The topological polar surface area (TPSA) is 90.5 Å². The first kappa shape index (κ1) is 19.7. The standard InChI is InChI=1S/C18H32N4O3/c1-3-19-18(25)21-16(23)13(2)22-11-7-8-14(12-22)17(24)20-15-9-5-4-6-10-15/h13-15H,3-12H2,1-2H3,(H,20,24)(H2,19,21,23,25). The fourth-order valence-corrected chi connectivity index (χ4v) is 3.73. The van der Waals surface area contributed by atoms with Gasteiger partial charge >= 0.3 is 6.03 Å². The third-order valence-electron chi connectivity index (χ3n) is 5.28. The molecular weight excluding hydrogens is 320 g/mol. The van der Waals surface area contributed by atoms with E-state index in [1.807, 2.05) is 4.90 Å². The zero-order chi connectivity index (χ0) is 18.2. The highest BCUT2D eigenvalue weighted by atomic mass is 16.2. The van der Waals surface area contributed by atoms with Gasteiger partial charge in [0.15, 0.2) is 0 Å². The van der Waals surface area contributed by atoms with E-state index in [1.54, 1.807) is 13.8 Å². The summed E-state index contributed by atoms with van der Waals surface area (Å²) in [6.45, 7) is 5.41. The zero-order valence-electron chi connectivity index (χ0n) is 15.5. The average Bonchev–Trinajstić information content (AvgIpc) is 2.62. The zero-order valence-corrected chi connectivity index (χ0v) is 15.5. The Bertz CT molecular complexity index is 477. The van der Waals surface area contributed by atoms with Crippen LogP contribution in [0.4, 0.5) is 4.79 Å². The molecule has 2 unspecified atom stereocenters. The Balaban J connectivity index is 1.83. The van der Waals surface area contributed by atoms with Crippen molar-refractivity contribution in [3.8, 4) is 0 Å². The maximum absolute atomic E-state index is 12.6. The lowest BCUT2D eigenvalue weighted by atomic mass is 9.92. The largest absolute Gasteiger partial charge is 0.353 e. The second-order valence-corrected chi connectivity index (χ2v) is 7.20. The third-order valence-corrected chi connectivity index (χ3v) is 5.28. The molecule has 7 nitrogen and oxygen atoms in total. The minimum atomic E-state index is -0.469. The number of nitrogens with one attached hydrogen (secondary N) is 3. The molecule has 2 fully saturated rings. The van der Waals surface area contributed by atoms with Gasteiger partial charge in [-0.2, -0.15) is 0 Å². The van der Waals surface area contributed by atoms with Crippen molar-refractivity contribution in [3.05, 3.63) is 0 Å². The molecule has 25 heavy (non-hydrogen) atoms. The van der Waals surface area contributed by atoms with Crippen LogP contribution in [0.5, 0.6) is 0 Å². The summed E-state index contributed by atoms with van der Waals surface area (Å²) in [5.74, 6) is -0.275. The Morgan fingerprint density at radius 1 is 1.08 bits per heavy atom.